The third-order valence-electron chi connectivity index (χ3n) is 3.93. The smallest absolute Gasteiger partial charge is 0.123 e. The molecule has 0 aliphatic carbocycles. The van der Waals surface area contributed by atoms with E-state index in [9.17, 15) is 0 Å². The van der Waals surface area contributed by atoms with Crippen molar-refractivity contribution in [2.75, 3.05) is 21.3 Å². The zero-order valence-corrected chi connectivity index (χ0v) is 14.7. The Morgan fingerprint density at radius 2 is 1.95 bits per heavy atom. The van der Waals surface area contributed by atoms with Gasteiger partial charge in [0.15, 0.2) is 0 Å². The van der Waals surface area contributed by atoms with Crippen LogP contribution in [0.5, 0.6) is 5.75 Å². The lowest BCUT2D eigenvalue weighted by atomic mass is 10.1. The van der Waals surface area contributed by atoms with E-state index < -0.39 is 0 Å². The molecule has 0 saturated carbocycles. The van der Waals surface area contributed by atoms with Crippen LogP contribution in [0.15, 0.2) is 29.6 Å². The van der Waals surface area contributed by atoms with Crippen LogP contribution in [0, 0.1) is 0 Å². The molecule has 2 atom stereocenters. The van der Waals surface area contributed by atoms with Crippen LogP contribution in [0.4, 0.5) is 0 Å². The fourth-order valence-corrected chi connectivity index (χ4v) is 3.17. The second-order valence-corrected chi connectivity index (χ2v) is 6.28. The summed E-state index contributed by atoms with van der Waals surface area (Å²) >= 11 is 1.65. The van der Waals surface area contributed by atoms with Gasteiger partial charge in [-0.2, -0.15) is 0 Å². The van der Waals surface area contributed by atoms with E-state index in [1.807, 2.05) is 25.1 Å². The number of hydrogen-bond donors (Lipinski definition) is 0. The Bertz CT molecular complexity index is 600. The molecule has 0 bridgehead atoms. The van der Waals surface area contributed by atoms with Gasteiger partial charge in [0.1, 0.15) is 16.9 Å². The highest BCUT2D eigenvalue weighted by Crippen LogP contribution is 2.29. The molecule has 1 aromatic heterocycles. The topological polar surface area (TPSA) is 34.6 Å². The molecule has 0 saturated heterocycles. The van der Waals surface area contributed by atoms with Crippen LogP contribution >= 0.6 is 11.3 Å². The van der Waals surface area contributed by atoms with Crippen molar-refractivity contribution < 1.29 is 9.47 Å². The number of ether oxygens (including phenoxy) is 2. The Balaban J connectivity index is 2.08. The first-order valence-corrected chi connectivity index (χ1v) is 8.25. The van der Waals surface area contributed by atoms with Crippen LogP contribution in [0.3, 0.4) is 0 Å². The molecule has 1 aromatic carbocycles. The summed E-state index contributed by atoms with van der Waals surface area (Å²) in [6, 6.07) is 8.40. The van der Waals surface area contributed by atoms with Gasteiger partial charge in [0.2, 0.25) is 0 Å². The molecular weight excluding hydrogens is 296 g/mol. The number of benzene rings is 1. The van der Waals surface area contributed by atoms with E-state index in [-0.39, 0.29) is 12.1 Å². The van der Waals surface area contributed by atoms with Gasteiger partial charge in [-0.1, -0.05) is 18.2 Å². The van der Waals surface area contributed by atoms with Gasteiger partial charge >= 0.3 is 0 Å². The molecule has 0 fully saturated rings. The average Bonchev–Trinajstić information content (AvgIpc) is 3.01. The van der Waals surface area contributed by atoms with Gasteiger partial charge in [0.05, 0.1) is 12.8 Å². The van der Waals surface area contributed by atoms with Crippen LogP contribution in [0.2, 0.25) is 0 Å². The van der Waals surface area contributed by atoms with Crippen LogP contribution in [-0.2, 0) is 11.3 Å². The van der Waals surface area contributed by atoms with E-state index in [0.717, 1.165) is 23.0 Å². The molecule has 4 nitrogen and oxygen atoms in total. The zero-order valence-electron chi connectivity index (χ0n) is 13.9. The summed E-state index contributed by atoms with van der Waals surface area (Å²) in [5, 5.41) is 3.13. The minimum absolute atomic E-state index is 0.0516. The standard InChI is InChI=1S/C17H24N2O2S/c1-12(15-8-6-7-9-16(15)21-5)19(3)10-14-11-22-17(18-14)13(2)20-4/h6-9,11-13H,10H2,1-5H3/t12-,13+/m1/s1. The second-order valence-electron chi connectivity index (χ2n) is 5.39. The third-order valence-corrected chi connectivity index (χ3v) is 4.99. The molecule has 0 unspecified atom stereocenters. The SMILES string of the molecule is COc1ccccc1[C@@H](C)N(C)Cc1csc([C@H](C)OC)n1. The fraction of sp³-hybridized carbons (Fsp3) is 0.471. The summed E-state index contributed by atoms with van der Waals surface area (Å²) in [6.07, 6.45) is 0.0516. The maximum Gasteiger partial charge on any atom is 0.123 e. The van der Waals surface area contributed by atoms with E-state index in [1.54, 1.807) is 25.6 Å². The van der Waals surface area contributed by atoms with Gasteiger partial charge in [-0.3, -0.25) is 4.90 Å². The minimum atomic E-state index is 0.0516. The Morgan fingerprint density at radius 1 is 1.23 bits per heavy atom. The minimum Gasteiger partial charge on any atom is -0.496 e. The van der Waals surface area contributed by atoms with Crippen LogP contribution < -0.4 is 4.74 Å². The summed E-state index contributed by atoms with van der Waals surface area (Å²) in [7, 11) is 5.53. The molecule has 0 radical (unpaired) electrons. The largest absolute Gasteiger partial charge is 0.496 e. The number of nitrogens with zero attached hydrogens (tertiary/aromatic N) is 2. The zero-order chi connectivity index (χ0) is 16.1. The van der Waals surface area contributed by atoms with Gasteiger partial charge in [0.25, 0.3) is 0 Å². The molecule has 1 heterocycles. The maximum atomic E-state index is 5.46. The molecule has 0 aliphatic rings. The van der Waals surface area contributed by atoms with Gasteiger partial charge in [-0.05, 0) is 27.0 Å². The normalized spacial score (nSPS) is 14.1. The van der Waals surface area contributed by atoms with Crippen molar-refractivity contribution in [1.29, 1.82) is 0 Å². The lowest BCUT2D eigenvalue weighted by molar-refractivity contribution is 0.119. The number of methoxy groups -OCH3 is 2. The van der Waals surface area contributed by atoms with E-state index in [0.29, 0.717) is 0 Å². The molecule has 2 aromatic rings. The van der Waals surface area contributed by atoms with E-state index in [1.165, 1.54) is 5.56 Å². The number of hydrogen-bond acceptors (Lipinski definition) is 5. The Kier molecular flexibility index (Phi) is 5.94. The van der Waals surface area contributed by atoms with Gasteiger partial charge in [0, 0.05) is 30.6 Å². The summed E-state index contributed by atoms with van der Waals surface area (Å²) in [6.45, 7) is 5.00. The van der Waals surface area contributed by atoms with Gasteiger partial charge in [-0.25, -0.2) is 4.98 Å². The van der Waals surface area contributed by atoms with Crippen molar-refractivity contribution in [2.45, 2.75) is 32.5 Å². The van der Waals surface area contributed by atoms with Crippen LogP contribution in [0.25, 0.3) is 0 Å². The summed E-state index contributed by atoms with van der Waals surface area (Å²) in [4.78, 5) is 6.93. The lowest BCUT2D eigenvalue weighted by Gasteiger charge is -2.25. The highest BCUT2D eigenvalue weighted by atomic mass is 32.1. The van der Waals surface area contributed by atoms with Crippen molar-refractivity contribution in [3.05, 3.63) is 45.9 Å². The molecule has 120 valence electrons. The number of thiazole rings is 1. The van der Waals surface area contributed by atoms with Crippen molar-refractivity contribution >= 4 is 11.3 Å². The molecule has 0 aliphatic heterocycles. The van der Waals surface area contributed by atoms with Crippen LogP contribution in [-0.4, -0.2) is 31.2 Å². The van der Waals surface area contributed by atoms with Crippen molar-refractivity contribution in [2.24, 2.45) is 0 Å². The van der Waals surface area contributed by atoms with Crippen molar-refractivity contribution in [3.63, 3.8) is 0 Å². The van der Waals surface area contributed by atoms with E-state index in [4.69, 9.17) is 9.47 Å². The molecule has 5 heteroatoms. The lowest BCUT2D eigenvalue weighted by Crippen LogP contribution is -2.22. The van der Waals surface area contributed by atoms with Crippen molar-refractivity contribution in [1.82, 2.24) is 9.88 Å². The summed E-state index contributed by atoms with van der Waals surface area (Å²) in [5.41, 5.74) is 2.27. The Labute approximate surface area is 136 Å². The van der Waals surface area contributed by atoms with E-state index >= 15 is 0 Å². The average molecular weight is 320 g/mol. The predicted octanol–water partition coefficient (Wildman–Crippen LogP) is 4.05. The predicted molar refractivity (Wildman–Crippen MR) is 90.4 cm³/mol. The Hall–Kier alpha value is -1.43. The van der Waals surface area contributed by atoms with E-state index in [2.05, 4.69) is 35.3 Å². The molecule has 22 heavy (non-hydrogen) atoms. The quantitative estimate of drug-likeness (QED) is 0.771. The number of rotatable bonds is 7. The number of aromatic nitrogens is 1. The second kappa shape index (κ2) is 7.72. The third kappa shape index (κ3) is 3.85. The fourth-order valence-electron chi connectivity index (χ4n) is 2.32. The molecule has 0 spiro atoms. The maximum absolute atomic E-state index is 5.46. The van der Waals surface area contributed by atoms with Crippen molar-refractivity contribution in [3.8, 4) is 5.75 Å². The highest BCUT2D eigenvalue weighted by Gasteiger charge is 2.17. The Morgan fingerprint density at radius 3 is 2.64 bits per heavy atom. The molecular formula is C17H24N2O2S. The monoisotopic (exact) mass is 320 g/mol. The molecule has 0 N–H and O–H groups in total. The number of para-hydroxylation sites is 1. The first-order chi connectivity index (χ1) is 10.6. The van der Waals surface area contributed by atoms with Gasteiger partial charge in [-0.15, -0.1) is 11.3 Å². The van der Waals surface area contributed by atoms with Gasteiger partial charge < -0.3 is 9.47 Å². The summed E-state index contributed by atoms with van der Waals surface area (Å²) in [5.74, 6) is 0.925. The highest BCUT2D eigenvalue weighted by molar-refractivity contribution is 7.09. The van der Waals surface area contributed by atoms with Crippen LogP contribution in [0.1, 0.15) is 42.3 Å². The molecule has 2 rings (SSSR count). The first-order valence-electron chi connectivity index (χ1n) is 7.37. The molecule has 0 amide bonds. The first kappa shape index (κ1) is 16.9. The summed E-state index contributed by atoms with van der Waals surface area (Å²) < 4.78 is 10.8.